The molecule has 0 spiro atoms. The molecule has 0 amide bonds. The summed E-state index contributed by atoms with van der Waals surface area (Å²) in [7, 11) is 0. The molecule has 0 aromatic heterocycles. The first-order valence-corrected chi connectivity index (χ1v) is 7.74. The van der Waals surface area contributed by atoms with Crippen LogP contribution in [0.4, 0.5) is 13.2 Å². The molecule has 0 radical (unpaired) electrons. The summed E-state index contributed by atoms with van der Waals surface area (Å²) in [6, 6.07) is 0.226. The monoisotopic (exact) mass is 331 g/mol. The molecule has 0 saturated heterocycles. The number of halogens is 3. The molecule has 23 heavy (non-hydrogen) atoms. The molecule has 2 nitrogen and oxygen atoms in total. The summed E-state index contributed by atoms with van der Waals surface area (Å²) in [5, 5.41) is 12.9. The highest BCUT2D eigenvalue weighted by molar-refractivity contribution is 5.40. The third-order valence-electron chi connectivity index (χ3n) is 3.67. The van der Waals surface area contributed by atoms with Gasteiger partial charge >= 0.3 is 6.18 Å². The lowest BCUT2D eigenvalue weighted by Gasteiger charge is -2.27. The minimum absolute atomic E-state index is 0.179. The lowest BCUT2D eigenvalue weighted by Crippen LogP contribution is -2.43. The Kier molecular flexibility index (Phi) is 8.38. The highest BCUT2D eigenvalue weighted by Gasteiger charge is 2.50. The van der Waals surface area contributed by atoms with E-state index in [1.165, 1.54) is 19.1 Å². The van der Waals surface area contributed by atoms with E-state index in [0.717, 1.165) is 19.8 Å². The number of allylic oxidation sites excluding steroid dienone is 4. The van der Waals surface area contributed by atoms with Gasteiger partial charge in [0.1, 0.15) is 0 Å². The second kappa shape index (κ2) is 8.96. The molecular formula is C18H28F3NO. The molecule has 0 aromatic rings. The number of alkyl halides is 3. The summed E-state index contributed by atoms with van der Waals surface area (Å²) < 4.78 is 38.4. The zero-order valence-corrected chi connectivity index (χ0v) is 14.6. The molecule has 0 heterocycles. The Hall–Kier alpha value is -1.49. The van der Waals surface area contributed by atoms with Crippen LogP contribution in [0.2, 0.25) is 0 Å². The molecule has 0 rings (SSSR count). The maximum atomic E-state index is 12.8. The van der Waals surface area contributed by atoms with Crippen LogP contribution in [0.5, 0.6) is 0 Å². The molecule has 0 aliphatic heterocycles. The van der Waals surface area contributed by atoms with Crippen molar-refractivity contribution in [3.63, 3.8) is 0 Å². The van der Waals surface area contributed by atoms with Gasteiger partial charge in [-0.05, 0) is 45.3 Å². The van der Waals surface area contributed by atoms with Crippen molar-refractivity contribution < 1.29 is 18.3 Å². The molecule has 132 valence electrons. The average molecular weight is 331 g/mol. The van der Waals surface area contributed by atoms with Gasteiger partial charge in [0.2, 0.25) is 0 Å². The average Bonchev–Trinajstić information content (AvgIpc) is 2.41. The number of aliphatic hydroxyl groups is 1. The lowest BCUT2D eigenvalue weighted by atomic mass is 9.95. The SMILES string of the molecule is C=C(NC(C)CCC)C(/C=C\C)=C/C=C(\C)[C@](C)(O)C(F)(F)F. The van der Waals surface area contributed by atoms with E-state index in [4.69, 9.17) is 0 Å². The number of rotatable bonds is 8. The molecule has 2 N–H and O–H groups in total. The van der Waals surface area contributed by atoms with E-state index in [0.29, 0.717) is 11.3 Å². The maximum Gasteiger partial charge on any atom is 0.420 e. The van der Waals surface area contributed by atoms with Gasteiger partial charge in [0.25, 0.3) is 0 Å². The van der Waals surface area contributed by atoms with E-state index in [9.17, 15) is 18.3 Å². The minimum atomic E-state index is -4.72. The zero-order chi connectivity index (χ0) is 18.3. The van der Waals surface area contributed by atoms with E-state index < -0.39 is 11.8 Å². The Bertz CT molecular complexity index is 485. The second-order valence-electron chi connectivity index (χ2n) is 5.85. The van der Waals surface area contributed by atoms with Crippen molar-refractivity contribution in [2.75, 3.05) is 0 Å². The van der Waals surface area contributed by atoms with Crippen LogP contribution in [0, 0.1) is 0 Å². The normalized spacial score (nSPS) is 18.0. The van der Waals surface area contributed by atoms with Crippen molar-refractivity contribution in [3.05, 3.63) is 47.7 Å². The zero-order valence-electron chi connectivity index (χ0n) is 14.6. The fourth-order valence-electron chi connectivity index (χ4n) is 1.92. The Labute approximate surface area is 137 Å². The van der Waals surface area contributed by atoms with Crippen molar-refractivity contribution >= 4 is 0 Å². The van der Waals surface area contributed by atoms with Crippen LogP contribution >= 0.6 is 0 Å². The van der Waals surface area contributed by atoms with E-state index in [1.54, 1.807) is 12.2 Å². The summed E-state index contributed by atoms with van der Waals surface area (Å²) in [5.74, 6) is 0. The third-order valence-corrected chi connectivity index (χ3v) is 3.67. The fraction of sp³-hybridized carbons (Fsp3) is 0.556. The van der Waals surface area contributed by atoms with Crippen molar-refractivity contribution in [1.29, 1.82) is 0 Å². The molecule has 2 atom stereocenters. The minimum Gasteiger partial charge on any atom is -0.383 e. The number of hydrogen-bond donors (Lipinski definition) is 2. The Morgan fingerprint density at radius 2 is 1.87 bits per heavy atom. The number of nitrogens with one attached hydrogen (secondary N) is 1. The highest BCUT2D eigenvalue weighted by Crippen LogP contribution is 2.35. The molecule has 0 aliphatic rings. The lowest BCUT2D eigenvalue weighted by molar-refractivity contribution is -0.236. The Balaban J connectivity index is 5.36. The molecule has 1 unspecified atom stereocenters. The van der Waals surface area contributed by atoms with Crippen LogP contribution in [0.25, 0.3) is 0 Å². The van der Waals surface area contributed by atoms with E-state index >= 15 is 0 Å². The van der Waals surface area contributed by atoms with Gasteiger partial charge in [0, 0.05) is 11.7 Å². The van der Waals surface area contributed by atoms with Crippen molar-refractivity contribution in [2.45, 2.75) is 65.3 Å². The predicted molar refractivity (Wildman–Crippen MR) is 90.0 cm³/mol. The standard InChI is InChI=1S/C18H28F3NO/c1-7-9-14(4)22-15(5)16(10-8-2)12-11-13(3)17(6,23)18(19,20)21/h8,10-12,14,22-23H,5,7,9H2,1-4,6H3/b10-8-,13-11+,16-12+/t14?,17-/m0/s1. The largest absolute Gasteiger partial charge is 0.420 e. The van der Waals surface area contributed by atoms with Gasteiger partial charge in [-0.25, -0.2) is 0 Å². The van der Waals surface area contributed by atoms with Crippen LogP contribution in [0.15, 0.2) is 47.7 Å². The first kappa shape index (κ1) is 21.5. The van der Waals surface area contributed by atoms with Gasteiger partial charge < -0.3 is 10.4 Å². The Morgan fingerprint density at radius 1 is 1.30 bits per heavy atom. The van der Waals surface area contributed by atoms with E-state index in [1.807, 2.05) is 13.8 Å². The summed E-state index contributed by atoms with van der Waals surface area (Å²) in [6.45, 7) is 11.9. The number of hydrogen-bond acceptors (Lipinski definition) is 2. The molecule has 0 saturated carbocycles. The maximum absolute atomic E-state index is 12.8. The molecule has 0 bridgehead atoms. The van der Waals surface area contributed by atoms with Gasteiger partial charge in [-0.3, -0.25) is 0 Å². The predicted octanol–water partition coefficient (Wildman–Crippen LogP) is 5.04. The van der Waals surface area contributed by atoms with Crippen LogP contribution in [0.3, 0.4) is 0 Å². The second-order valence-corrected chi connectivity index (χ2v) is 5.85. The molecule has 0 aliphatic carbocycles. The van der Waals surface area contributed by atoms with Crippen LogP contribution in [-0.2, 0) is 0 Å². The van der Waals surface area contributed by atoms with Crippen molar-refractivity contribution in [1.82, 2.24) is 5.32 Å². The first-order valence-electron chi connectivity index (χ1n) is 7.74. The first-order chi connectivity index (χ1) is 10.5. The van der Waals surface area contributed by atoms with Gasteiger partial charge in [-0.2, -0.15) is 13.2 Å². The van der Waals surface area contributed by atoms with Crippen LogP contribution in [-0.4, -0.2) is 22.9 Å². The van der Waals surface area contributed by atoms with Crippen molar-refractivity contribution in [3.8, 4) is 0 Å². The molecule has 0 fully saturated rings. The van der Waals surface area contributed by atoms with Gasteiger partial charge in [0.15, 0.2) is 5.60 Å². The van der Waals surface area contributed by atoms with E-state index in [-0.39, 0.29) is 11.6 Å². The van der Waals surface area contributed by atoms with Gasteiger partial charge in [-0.15, -0.1) is 0 Å². The van der Waals surface area contributed by atoms with E-state index in [2.05, 4.69) is 18.8 Å². The summed E-state index contributed by atoms with van der Waals surface area (Å²) in [5.41, 5.74) is -1.72. The Morgan fingerprint density at radius 3 is 2.30 bits per heavy atom. The van der Waals surface area contributed by atoms with Crippen LogP contribution in [0.1, 0.15) is 47.5 Å². The molecule has 5 heteroatoms. The molecule has 0 aromatic carbocycles. The molecular weight excluding hydrogens is 303 g/mol. The highest BCUT2D eigenvalue weighted by atomic mass is 19.4. The third kappa shape index (κ3) is 6.65. The quantitative estimate of drug-likeness (QED) is 0.611. The topological polar surface area (TPSA) is 32.3 Å². The van der Waals surface area contributed by atoms with Gasteiger partial charge in [-0.1, -0.05) is 44.2 Å². The van der Waals surface area contributed by atoms with Crippen LogP contribution < -0.4 is 5.32 Å². The summed E-state index contributed by atoms with van der Waals surface area (Å²) >= 11 is 0. The summed E-state index contributed by atoms with van der Waals surface area (Å²) in [4.78, 5) is 0. The van der Waals surface area contributed by atoms with Gasteiger partial charge in [0.05, 0.1) is 0 Å². The summed E-state index contributed by atoms with van der Waals surface area (Å²) in [6.07, 6.45) is 3.64. The smallest absolute Gasteiger partial charge is 0.383 e. The van der Waals surface area contributed by atoms with Crippen molar-refractivity contribution in [2.24, 2.45) is 0 Å². The fourth-order valence-corrected chi connectivity index (χ4v) is 1.92.